The van der Waals surface area contributed by atoms with Crippen molar-refractivity contribution in [1.82, 2.24) is 9.88 Å². The van der Waals surface area contributed by atoms with E-state index in [4.69, 9.17) is 4.74 Å². The lowest BCUT2D eigenvalue weighted by atomic mass is 10.1. The Morgan fingerprint density at radius 3 is 2.71 bits per heavy atom. The molecule has 0 amide bonds. The molecule has 5 heteroatoms. The lowest BCUT2D eigenvalue weighted by molar-refractivity contribution is 0.0600. The molecule has 1 unspecified atom stereocenters. The Labute approximate surface area is 126 Å². The van der Waals surface area contributed by atoms with Crippen LogP contribution in [0.15, 0.2) is 18.3 Å². The van der Waals surface area contributed by atoms with Gasteiger partial charge in [-0.1, -0.05) is 0 Å². The van der Waals surface area contributed by atoms with Crippen LogP contribution in [0.5, 0.6) is 0 Å². The molecule has 0 bridgehead atoms. The first-order chi connectivity index (χ1) is 10.2. The van der Waals surface area contributed by atoms with Gasteiger partial charge >= 0.3 is 5.97 Å². The number of ether oxygens (including phenoxy) is 2. The molecule has 0 radical (unpaired) electrons. The summed E-state index contributed by atoms with van der Waals surface area (Å²) in [6.45, 7) is 4.67. The number of carbonyl (C=O) groups is 1. The second kappa shape index (κ2) is 7.52. The van der Waals surface area contributed by atoms with Gasteiger partial charge in [0.05, 0.1) is 25.0 Å². The summed E-state index contributed by atoms with van der Waals surface area (Å²) >= 11 is 0. The van der Waals surface area contributed by atoms with Crippen LogP contribution in [0.3, 0.4) is 0 Å². The fourth-order valence-corrected chi connectivity index (χ4v) is 2.48. The monoisotopic (exact) mass is 292 g/mol. The van der Waals surface area contributed by atoms with Crippen LogP contribution in [0, 0.1) is 5.92 Å². The van der Waals surface area contributed by atoms with Gasteiger partial charge in [-0.15, -0.1) is 0 Å². The highest BCUT2D eigenvalue weighted by atomic mass is 16.5. The SMILES string of the molecule is COCCN(Cc1ccc(C(=O)OC)cn1)C(C)C1CC1. The molecule has 1 aromatic rings. The van der Waals surface area contributed by atoms with Crippen LogP contribution in [0.4, 0.5) is 0 Å². The molecule has 1 saturated carbocycles. The van der Waals surface area contributed by atoms with Gasteiger partial charge in [0, 0.05) is 32.4 Å². The van der Waals surface area contributed by atoms with E-state index in [9.17, 15) is 4.79 Å². The third kappa shape index (κ3) is 4.51. The molecule has 0 spiro atoms. The predicted octanol–water partition coefficient (Wildman–Crippen LogP) is 2.12. The van der Waals surface area contributed by atoms with E-state index >= 15 is 0 Å². The van der Waals surface area contributed by atoms with Gasteiger partial charge in [-0.2, -0.15) is 0 Å². The average molecular weight is 292 g/mol. The first-order valence-corrected chi connectivity index (χ1v) is 7.42. The van der Waals surface area contributed by atoms with Crippen LogP contribution in [-0.4, -0.2) is 49.3 Å². The van der Waals surface area contributed by atoms with Crippen LogP contribution >= 0.6 is 0 Å². The Hall–Kier alpha value is -1.46. The molecule has 116 valence electrons. The van der Waals surface area contributed by atoms with Crippen molar-refractivity contribution < 1.29 is 14.3 Å². The number of carbonyl (C=O) groups excluding carboxylic acids is 1. The fourth-order valence-electron chi connectivity index (χ4n) is 2.48. The van der Waals surface area contributed by atoms with Crippen LogP contribution < -0.4 is 0 Å². The van der Waals surface area contributed by atoms with E-state index in [2.05, 4.69) is 21.5 Å². The topological polar surface area (TPSA) is 51.7 Å². The van der Waals surface area contributed by atoms with Crippen molar-refractivity contribution in [3.05, 3.63) is 29.6 Å². The lowest BCUT2D eigenvalue weighted by Crippen LogP contribution is -2.36. The normalized spacial score (nSPS) is 16.0. The molecule has 1 aliphatic carbocycles. The van der Waals surface area contributed by atoms with E-state index in [-0.39, 0.29) is 5.97 Å². The molecular formula is C16H24N2O3. The Morgan fingerprint density at radius 1 is 1.43 bits per heavy atom. The van der Waals surface area contributed by atoms with Gasteiger partial charge in [0.15, 0.2) is 0 Å². The highest BCUT2D eigenvalue weighted by Gasteiger charge is 2.31. The van der Waals surface area contributed by atoms with Crippen molar-refractivity contribution in [2.75, 3.05) is 27.4 Å². The molecule has 0 N–H and O–H groups in total. The molecular weight excluding hydrogens is 268 g/mol. The molecule has 5 nitrogen and oxygen atoms in total. The number of hydrogen-bond donors (Lipinski definition) is 0. The fraction of sp³-hybridized carbons (Fsp3) is 0.625. The first-order valence-electron chi connectivity index (χ1n) is 7.42. The van der Waals surface area contributed by atoms with E-state index in [1.165, 1.54) is 20.0 Å². The minimum absolute atomic E-state index is 0.350. The number of methoxy groups -OCH3 is 2. The van der Waals surface area contributed by atoms with E-state index in [0.29, 0.717) is 11.6 Å². The Balaban J connectivity index is 1.99. The third-order valence-corrected chi connectivity index (χ3v) is 4.07. The van der Waals surface area contributed by atoms with Gasteiger partial charge in [-0.05, 0) is 37.8 Å². The van der Waals surface area contributed by atoms with Crippen molar-refractivity contribution >= 4 is 5.97 Å². The number of hydrogen-bond acceptors (Lipinski definition) is 5. The average Bonchev–Trinajstić information content (AvgIpc) is 3.35. The molecule has 0 aliphatic heterocycles. The Morgan fingerprint density at radius 2 is 2.19 bits per heavy atom. The van der Waals surface area contributed by atoms with Gasteiger partial charge in [0.1, 0.15) is 0 Å². The van der Waals surface area contributed by atoms with Gasteiger partial charge in [-0.25, -0.2) is 4.79 Å². The zero-order valence-electron chi connectivity index (χ0n) is 13.0. The van der Waals surface area contributed by atoms with E-state index in [1.807, 2.05) is 6.07 Å². The molecule has 2 rings (SSSR count). The van der Waals surface area contributed by atoms with Crippen LogP contribution in [0.25, 0.3) is 0 Å². The molecule has 1 atom stereocenters. The van der Waals surface area contributed by atoms with Crippen molar-refractivity contribution in [3.8, 4) is 0 Å². The van der Waals surface area contributed by atoms with E-state index in [1.54, 1.807) is 19.4 Å². The Bertz CT molecular complexity index is 457. The summed E-state index contributed by atoms with van der Waals surface area (Å²) in [6.07, 6.45) is 4.22. The highest BCUT2D eigenvalue weighted by molar-refractivity contribution is 5.88. The van der Waals surface area contributed by atoms with Crippen molar-refractivity contribution in [3.63, 3.8) is 0 Å². The highest BCUT2D eigenvalue weighted by Crippen LogP contribution is 2.35. The van der Waals surface area contributed by atoms with Crippen molar-refractivity contribution in [2.45, 2.75) is 32.4 Å². The molecule has 1 aromatic heterocycles. The van der Waals surface area contributed by atoms with Gasteiger partial charge < -0.3 is 9.47 Å². The summed E-state index contributed by atoms with van der Waals surface area (Å²) < 4.78 is 9.88. The maximum atomic E-state index is 11.4. The van der Waals surface area contributed by atoms with Gasteiger partial charge in [-0.3, -0.25) is 9.88 Å². The van der Waals surface area contributed by atoms with Crippen LogP contribution in [0.2, 0.25) is 0 Å². The van der Waals surface area contributed by atoms with Crippen molar-refractivity contribution in [1.29, 1.82) is 0 Å². The molecule has 21 heavy (non-hydrogen) atoms. The van der Waals surface area contributed by atoms with E-state index in [0.717, 1.165) is 31.3 Å². The molecule has 1 aliphatic rings. The zero-order chi connectivity index (χ0) is 15.2. The molecule has 0 aromatic carbocycles. The minimum Gasteiger partial charge on any atom is -0.465 e. The minimum atomic E-state index is -0.350. The number of rotatable bonds is 8. The van der Waals surface area contributed by atoms with E-state index < -0.39 is 0 Å². The lowest BCUT2D eigenvalue weighted by Gasteiger charge is -2.28. The maximum Gasteiger partial charge on any atom is 0.339 e. The number of pyridine rings is 1. The molecule has 1 fully saturated rings. The summed E-state index contributed by atoms with van der Waals surface area (Å²) in [4.78, 5) is 18.2. The summed E-state index contributed by atoms with van der Waals surface area (Å²) in [5.74, 6) is 0.452. The van der Waals surface area contributed by atoms with Gasteiger partial charge in [0.2, 0.25) is 0 Å². The van der Waals surface area contributed by atoms with Crippen LogP contribution in [0.1, 0.15) is 35.8 Å². The number of nitrogens with zero attached hydrogens (tertiary/aromatic N) is 2. The van der Waals surface area contributed by atoms with Gasteiger partial charge in [0.25, 0.3) is 0 Å². The second-order valence-electron chi connectivity index (χ2n) is 5.57. The quantitative estimate of drug-likeness (QED) is 0.687. The molecule has 0 saturated heterocycles. The summed E-state index contributed by atoms with van der Waals surface area (Å²) in [5, 5.41) is 0. The maximum absolute atomic E-state index is 11.4. The predicted molar refractivity (Wildman–Crippen MR) is 80.0 cm³/mol. The van der Waals surface area contributed by atoms with Crippen molar-refractivity contribution in [2.24, 2.45) is 5.92 Å². The number of aromatic nitrogens is 1. The summed E-state index contributed by atoms with van der Waals surface area (Å²) in [7, 11) is 3.10. The Kier molecular flexibility index (Phi) is 5.70. The molecule has 1 heterocycles. The summed E-state index contributed by atoms with van der Waals surface area (Å²) in [6, 6.07) is 4.21. The standard InChI is InChI=1S/C16H24N2O3/c1-12(13-4-5-13)18(8-9-20-2)11-15-7-6-14(10-17-15)16(19)21-3/h6-7,10,12-13H,4-5,8-9,11H2,1-3H3. The largest absolute Gasteiger partial charge is 0.465 e. The third-order valence-electron chi connectivity index (χ3n) is 4.07. The summed E-state index contributed by atoms with van der Waals surface area (Å²) in [5.41, 5.74) is 1.45. The van der Waals surface area contributed by atoms with Crippen LogP contribution in [-0.2, 0) is 16.0 Å². The first kappa shape index (κ1) is 15.9. The second-order valence-corrected chi connectivity index (χ2v) is 5.57. The zero-order valence-corrected chi connectivity index (χ0v) is 13.0. The smallest absolute Gasteiger partial charge is 0.339 e. The number of esters is 1.